The number of ether oxygens (including phenoxy) is 1. The molecule has 6 nitrogen and oxygen atoms in total. The highest BCUT2D eigenvalue weighted by Crippen LogP contribution is 2.33. The van der Waals surface area contributed by atoms with E-state index in [2.05, 4.69) is 22.5 Å². The Balaban J connectivity index is 1.59. The minimum atomic E-state index is 0.233. The summed E-state index contributed by atoms with van der Waals surface area (Å²) in [7, 11) is 0. The second kappa shape index (κ2) is 8.06. The van der Waals surface area contributed by atoms with Crippen LogP contribution in [0.4, 0.5) is 0 Å². The van der Waals surface area contributed by atoms with Gasteiger partial charge in [0.25, 0.3) is 0 Å². The van der Waals surface area contributed by atoms with Crippen LogP contribution in [0.15, 0.2) is 91.0 Å². The molecular formula is C26H15N5O. The fourth-order valence-corrected chi connectivity index (χ4v) is 3.52. The Hall–Kier alpha value is -4.94. The molecule has 6 heteroatoms. The van der Waals surface area contributed by atoms with Crippen LogP contribution in [0.25, 0.3) is 27.8 Å². The van der Waals surface area contributed by atoms with Crippen LogP contribution in [0.1, 0.15) is 11.1 Å². The zero-order valence-electron chi connectivity index (χ0n) is 16.8. The summed E-state index contributed by atoms with van der Waals surface area (Å²) in [5.74, 6) is 1.01. The van der Waals surface area contributed by atoms with Crippen molar-refractivity contribution in [2.24, 2.45) is 0 Å². The highest BCUT2D eigenvalue weighted by Gasteiger charge is 2.17. The molecule has 0 N–H and O–H groups in total. The molecule has 0 aliphatic rings. The first-order valence-electron chi connectivity index (χ1n) is 9.89. The molecule has 0 fully saturated rings. The Labute approximate surface area is 184 Å². The number of para-hydroxylation sites is 1. The van der Waals surface area contributed by atoms with Crippen molar-refractivity contribution in [1.82, 2.24) is 15.0 Å². The molecular weight excluding hydrogens is 398 g/mol. The summed E-state index contributed by atoms with van der Waals surface area (Å²) in [6.45, 7) is 0. The molecule has 0 radical (unpaired) electrons. The first-order valence-corrected chi connectivity index (χ1v) is 9.89. The molecule has 0 unspecified atom stereocenters. The standard InChI is InChI=1S/C26H15N5O/c27-16-20-14-25(31-24-9-5-4-8-23(24)29-30-31)26(15-21(20)17-28)32-22-12-10-19(11-13-22)18-6-2-1-3-7-18/h1-15H. The van der Waals surface area contributed by atoms with Gasteiger partial charge in [-0.05, 0) is 41.5 Å². The summed E-state index contributed by atoms with van der Waals surface area (Å²) >= 11 is 0. The van der Waals surface area contributed by atoms with E-state index >= 15 is 0 Å². The average Bonchev–Trinajstić information content (AvgIpc) is 3.29. The Bertz CT molecular complexity index is 1510. The SMILES string of the molecule is N#Cc1cc(Oc2ccc(-c3ccccc3)cc2)c(-n2nnc3ccccc32)cc1C#N. The third kappa shape index (κ3) is 3.43. The van der Waals surface area contributed by atoms with Crippen LogP contribution >= 0.6 is 0 Å². The molecule has 0 saturated heterocycles. The number of hydrogen-bond acceptors (Lipinski definition) is 5. The van der Waals surface area contributed by atoms with Crippen LogP contribution in [0.5, 0.6) is 11.5 Å². The Morgan fingerprint density at radius 2 is 1.38 bits per heavy atom. The van der Waals surface area contributed by atoms with Gasteiger partial charge in [-0.3, -0.25) is 0 Å². The van der Waals surface area contributed by atoms with E-state index in [4.69, 9.17) is 4.74 Å². The number of nitriles is 2. The van der Waals surface area contributed by atoms with Crippen molar-refractivity contribution >= 4 is 11.0 Å². The van der Waals surface area contributed by atoms with Crippen molar-refractivity contribution in [2.75, 3.05) is 0 Å². The summed E-state index contributed by atoms with van der Waals surface area (Å²) in [5.41, 5.74) is 4.67. The number of nitrogens with zero attached hydrogens (tertiary/aromatic N) is 5. The van der Waals surface area contributed by atoms with Crippen molar-refractivity contribution in [3.63, 3.8) is 0 Å². The maximum absolute atomic E-state index is 9.52. The van der Waals surface area contributed by atoms with Crippen LogP contribution in [0.3, 0.4) is 0 Å². The lowest BCUT2D eigenvalue weighted by molar-refractivity contribution is 0.478. The molecule has 0 amide bonds. The van der Waals surface area contributed by atoms with E-state index in [9.17, 15) is 10.5 Å². The lowest BCUT2D eigenvalue weighted by atomic mass is 10.1. The summed E-state index contributed by atoms with van der Waals surface area (Å²) in [4.78, 5) is 0. The number of rotatable bonds is 4. The van der Waals surface area contributed by atoms with E-state index in [-0.39, 0.29) is 11.1 Å². The van der Waals surface area contributed by atoms with Crippen LogP contribution in [-0.4, -0.2) is 15.0 Å². The topological polar surface area (TPSA) is 87.5 Å². The van der Waals surface area contributed by atoms with Gasteiger partial charge in [-0.25, -0.2) is 4.68 Å². The minimum Gasteiger partial charge on any atom is -0.455 e. The van der Waals surface area contributed by atoms with E-state index < -0.39 is 0 Å². The van der Waals surface area contributed by atoms with Gasteiger partial charge in [0.2, 0.25) is 0 Å². The number of aromatic nitrogens is 3. The van der Waals surface area contributed by atoms with Gasteiger partial charge in [0, 0.05) is 6.07 Å². The molecule has 0 spiro atoms. The van der Waals surface area contributed by atoms with E-state index in [1.807, 2.05) is 78.9 Å². The van der Waals surface area contributed by atoms with E-state index in [1.54, 1.807) is 16.8 Å². The Morgan fingerprint density at radius 3 is 2.12 bits per heavy atom. The Morgan fingerprint density at radius 1 is 0.719 bits per heavy atom. The van der Waals surface area contributed by atoms with Gasteiger partial charge < -0.3 is 4.74 Å². The van der Waals surface area contributed by atoms with Crippen molar-refractivity contribution in [1.29, 1.82) is 10.5 Å². The molecule has 4 aromatic carbocycles. The first-order chi connectivity index (χ1) is 15.8. The van der Waals surface area contributed by atoms with Crippen molar-refractivity contribution in [3.8, 4) is 40.5 Å². The fraction of sp³-hybridized carbons (Fsp3) is 0. The van der Waals surface area contributed by atoms with Gasteiger partial charge in [0.1, 0.15) is 29.1 Å². The molecule has 5 aromatic rings. The summed E-state index contributed by atoms with van der Waals surface area (Å²) in [6.07, 6.45) is 0. The van der Waals surface area contributed by atoms with Gasteiger partial charge in [0.05, 0.1) is 16.6 Å². The molecule has 150 valence electrons. The molecule has 5 rings (SSSR count). The second-order valence-corrected chi connectivity index (χ2v) is 7.07. The zero-order chi connectivity index (χ0) is 21.9. The predicted octanol–water partition coefficient (Wildman–Crippen LogP) is 5.62. The lowest BCUT2D eigenvalue weighted by Crippen LogP contribution is -2.02. The fourth-order valence-electron chi connectivity index (χ4n) is 3.52. The molecule has 1 heterocycles. The van der Waals surface area contributed by atoms with Crippen LogP contribution in [0, 0.1) is 22.7 Å². The van der Waals surface area contributed by atoms with Crippen LogP contribution in [0.2, 0.25) is 0 Å². The highest BCUT2D eigenvalue weighted by atomic mass is 16.5. The molecule has 0 saturated carbocycles. The monoisotopic (exact) mass is 413 g/mol. The molecule has 32 heavy (non-hydrogen) atoms. The third-order valence-corrected chi connectivity index (χ3v) is 5.11. The van der Waals surface area contributed by atoms with Crippen LogP contribution < -0.4 is 4.74 Å². The van der Waals surface area contributed by atoms with E-state index in [0.29, 0.717) is 22.7 Å². The first kappa shape index (κ1) is 19.0. The van der Waals surface area contributed by atoms with Crippen molar-refractivity contribution < 1.29 is 4.74 Å². The maximum atomic E-state index is 9.52. The lowest BCUT2D eigenvalue weighted by Gasteiger charge is -2.13. The van der Waals surface area contributed by atoms with Gasteiger partial charge >= 0.3 is 0 Å². The normalized spacial score (nSPS) is 10.4. The van der Waals surface area contributed by atoms with E-state index in [0.717, 1.165) is 16.6 Å². The van der Waals surface area contributed by atoms with Crippen LogP contribution in [-0.2, 0) is 0 Å². The second-order valence-electron chi connectivity index (χ2n) is 7.07. The van der Waals surface area contributed by atoms with E-state index in [1.165, 1.54) is 0 Å². The molecule has 0 atom stereocenters. The van der Waals surface area contributed by atoms with Gasteiger partial charge in [0.15, 0.2) is 5.75 Å². The van der Waals surface area contributed by atoms with Gasteiger partial charge in [-0.15, -0.1) is 5.10 Å². The molecule has 0 aliphatic heterocycles. The number of fused-ring (bicyclic) bond motifs is 1. The average molecular weight is 413 g/mol. The van der Waals surface area contributed by atoms with Gasteiger partial charge in [-0.1, -0.05) is 59.8 Å². The molecule has 0 aliphatic carbocycles. The van der Waals surface area contributed by atoms with Crippen molar-refractivity contribution in [2.45, 2.75) is 0 Å². The summed E-state index contributed by atoms with van der Waals surface area (Å²) < 4.78 is 7.78. The van der Waals surface area contributed by atoms with Gasteiger partial charge in [-0.2, -0.15) is 10.5 Å². The summed E-state index contributed by atoms with van der Waals surface area (Å²) in [5, 5.41) is 27.5. The molecule has 0 bridgehead atoms. The largest absolute Gasteiger partial charge is 0.455 e. The number of hydrogen-bond donors (Lipinski definition) is 0. The summed E-state index contributed by atoms with van der Waals surface area (Å²) in [6, 6.07) is 32.6. The zero-order valence-corrected chi connectivity index (χ0v) is 16.8. The smallest absolute Gasteiger partial charge is 0.154 e. The Kier molecular flexibility index (Phi) is 4.80. The predicted molar refractivity (Wildman–Crippen MR) is 120 cm³/mol. The van der Waals surface area contributed by atoms with Crippen molar-refractivity contribution in [3.05, 3.63) is 102 Å². The minimum absolute atomic E-state index is 0.233. The quantitative estimate of drug-likeness (QED) is 0.381. The third-order valence-electron chi connectivity index (χ3n) is 5.11. The molecule has 1 aromatic heterocycles. The maximum Gasteiger partial charge on any atom is 0.154 e. The number of benzene rings is 4. The highest BCUT2D eigenvalue weighted by molar-refractivity contribution is 5.77.